The Morgan fingerprint density at radius 3 is 2.65 bits per heavy atom. The second-order valence-corrected chi connectivity index (χ2v) is 3.17. The van der Waals surface area contributed by atoms with Gasteiger partial charge >= 0.3 is 0 Å². The zero-order valence-corrected chi connectivity index (χ0v) is 10.5. The van der Waals surface area contributed by atoms with E-state index in [1.807, 2.05) is 0 Å². The van der Waals surface area contributed by atoms with Crippen molar-refractivity contribution in [3.05, 3.63) is 29.6 Å². The number of hydrogen-bond acceptors (Lipinski definition) is 4. The van der Waals surface area contributed by atoms with Crippen LogP contribution in [0.3, 0.4) is 0 Å². The lowest BCUT2D eigenvalue weighted by atomic mass is 10.2. The molecule has 17 heavy (non-hydrogen) atoms. The molecule has 0 heterocycles. The summed E-state index contributed by atoms with van der Waals surface area (Å²) in [4.78, 5) is 0. The molecule has 0 radical (unpaired) electrons. The first-order chi connectivity index (χ1) is 8.21. The Kier molecular flexibility index (Phi) is 9.22. The first kappa shape index (κ1) is 15.8. The van der Waals surface area contributed by atoms with Crippen LogP contribution in [0.2, 0.25) is 0 Å². The van der Waals surface area contributed by atoms with Gasteiger partial charge in [0.2, 0.25) is 0 Å². The molecule has 0 saturated carbocycles. The highest BCUT2D eigenvalue weighted by Gasteiger charge is 2.05. The van der Waals surface area contributed by atoms with E-state index in [2.05, 4.69) is 17.5 Å². The molecule has 1 rings (SSSR count). The number of benzene rings is 1. The maximum Gasteiger partial charge on any atom is 0.165 e. The maximum atomic E-state index is 12.9. The third kappa shape index (κ3) is 6.15. The summed E-state index contributed by atoms with van der Waals surface area (Å²) in [5.41, 5.74) is 7.42. The largest absolute Gasteiger partial charge is 0.493 e. The SMILES string of the molecule is COc1c(F)cccc1CN.OCCNC=S. The number of para-hydroxylation sites is 1. The van der Waals surface area contributed by atoms with E-state index in [9.17, 15) is 4.39 Å². The van der Waals surface area contributed by atoms with Crippen LogP contribution in [0.1, 0.15) is 5.56 Å². The van der Waals surface area contributed by atoms with Crippen LogP contribution >= 0.6 is 12.2 Å². The molecule has 0 amide bonds. The van der Waals surface area contributed by atoms with Crippen LogP contribution in [-0.4, -0.2) is 30.9 Å². The predicted molar refractivity (Wildman–Crippen MR) is 69.6 cm³/mol. The molecule has 1 aromatic carbocycles. The van der Waals surface area contributed by atoms with Gasteiger partial charge in [-0.3, -0.25) is 0 Å². The number of thiocarbonyl (C=S) groups is 1. The summed E-state index contributed by atoms with van der Waals surface area (Å²) in [5, 5.41) is 10.7. The van der Waals surface area contributed by atoms with Crippen molar-refractivity contribution in [1.29, 1.82) is 0 Å². The fourth-order valence-electron chi connectivity index (χ4n) is 1.07. The molecule has 0 aliphatic heterocycles. The summed E-state index contributed by atoms with van der Waals surface area (Å²) in [5.74, 6) is -0.120. The fourth-order valence-corrected chi connectivity index (χ4v) is 1.18. The predicted octanol–water partition coefficient (Wildman–Crippen LogP) is 0.819. The number of halogens is 1. The molecule has 4 N–H and O–H groups in total. The number of rotatable bonds is 5. The van der Waals surface area contributed by atoms with Gasteiger partial charge < -0.3 is 20.9 Å². The van der Waals surface area contributed by atoms with Crippen LogP contribution < -0.4 is 15.8 Å². The Labute approximate surface area is 106 Å². The first-order valence-electron chi connectivity index (χ1n) is 5.00. The summed E-state index contributed by atoms with van der Waals surface area (Å²) in [7, 11) is 1.43. The second kappa shape index (κ2) is 9.95. The number of ether oxygens (including phenoxy) is 1. The zero-order chi connectivity index (χ0) is 13.1. The van der Waals surface area contributed by atoms with Gasteiger partial charge in [-0.2, -0.15) is 0 Å². The molecule has 1 aromatic rings. The lowest BCUT2D eigenvalue weighted by molar-refractivity contribution is 0.301. The molecule has 0 bridgehead atoms. The summed E-state index contributed by atoms with van der Waals surface area (Å²) >= 11 is 4.37. The van der Waals surface area contributed by atoms with Gasteiger partial charge in [0.25, 0.3) is 0 Å². The standard InChI is InChI=1S/C8H10FNO.C3H7NOS/c1-11-8-6(5-10)3-2-4-7(8)9;5-2-1-4-3-6/h2-4H,5,10H2,1H3;3,5H,1-2H2,(H,4,6). The van der Waals surface area contributed by atoms with E-state index in [4.69, 9.17) is 15.6 Å². The third-order valence-corrected chi connectivity index (χ3v) is 1.98. The monoisotopic (exact) mass is 260 g/mol. The average Bonchev–Trinajstić information content (AvgIpc) is 2.36. The van der Waals surface area contributed by atoms with Crippen molar-refractivity contribution in [3.8, 4) is 5.75 Å². The molecular weight excluding hydrogens is 243 g/mol. The van der Waals surface area contributed by atoms with Crippen molar-refractivity contribution < 1.29 is 14.2 Å². The fraction of sp³-hybridized carbons (Fsp3) is 0.364. The average molecular weight is 260 g/mol. The highest BCUT2D eigenvalue weighted by atomic mass is 32.1. The minimum atomic E-state index is -0.365. The number of aliphatic hydroxyl groups is 1. The van der Waals surface area contributed by atoms with Crippen molar-refractivity contribution in [2.75, 3.05) is 20.3 Å². The van der Waals surface area contributed by atoms with E-state index < -0.39 is 0 Å². The van der Waals surface area contributed by atoms with Gasteiger partial charge in [-0.1, -0.05) is 24.4 Å². The summed E-state index contributed by atoms with van der Waals surface area (Å²) in [6.07, 6.45) is 0. The van der Waals surface area contributed by atoms with E-state index in [-0.39, 0.29) is 18.2 Å². The molecule has 96 valence electrons. The Hall–Kier alpha value is -1.24. The van der Waals surface area contributed by atoms with E-state index in [1.54, 1.807) is 12.1 Å². The molecule has 0 fully saturated rings. The Balaban J connectivity index is 0.000000366. The molecule has 0 aromatic heterocycles. The summed E-state index contributed by atoms with van der Waals surface area (Å²) in [6.45, 7) is 0.998. The van der Waals surface area contributed by atoms with Crippen LogP contribution in [0.5, 0.6) is 5.75 Å². The Bertz CT molecular complexity index is 337. The Morgan fingerprint density at radius 1 is 1.59 bits per heavy atom. The van der Waals surface area contributed by atoms with Gasteiger partial charge in [-0.25, -0.2) is 4.39 Å². The van der Waals surface area contributed by atoms with Gasteiger partial charge in [0, 0.05) is 18.7 Å². The normalized spacial score (nSPS) is 8.94. The maximum absolute atomic E-state index is 12.9. The van der Waals surface area contributed by atoms with Crippen molar-refractivity contribution >= 4 is 17.7 Å². The number of nitrogens with one attached hydrogen (secondary N) is 1. The van der Waals surface area contributed by atoms with Crippen molar-refractivity contribution in [1.82, 2.24) is 5.32 Å². The van der Waals surface area contributed by atoms with Gasteiger partial charge in [0.05, 0.1) is 19.2 Å². The van der Waals surface area contributed by atoms with E-state index >= 15 is 0 Å². The van der Waals surface area contributed by atoms with Crippen LogP contribution in [0.4, 0.5) is 4.39 Å². The lowest BCUT2D eigenvalue weighted by Gasteiger charge is -2.05. The lowest BCUT2D eigenvalue weighted by Crippen LogP contribution is -2.13. The molecule has 4 nitrogen and oxygen atoms in total. The van der Waals surface area contributed by atoms with E-state index in [0.717, 1.165) is 0 Å². The molecule has 0 atom stereocenters. The zero-order valence-electron chi connectivity index (χ0n) is 9.65. The highest BCUT2D eigenvalue weighted by Crippen LogP contribution is 2.20. The second-order valence-electron chi connectivity index (χ2n) is 2.93. The van der Waals surface area contributed by atoms with Gasteiger partial charge in [-0.05, 0) is 6.07 Å². The molecule has 0 spiro atoms. The molecule has 6 heteroatoms. The number of hydrogen-bond donors (Lipinski definition) is 3. The van der Waals surface area contributed by atoms with Crippen LogP contribution in [-0.2, 0) is 6.54 Å². The molecular formula is C11H17FN2O2S. The number of aliphatic hydroxyl groups excluding tert-OH is 1. The van der Waals surface area contributed by atoms with Gasteiger partial charge in [0.1, 0.15) is 0 Å². The minimum absolute atomic E-state index is 0.146. The van der Waals surface area contributed by atoms with E-state index in [1.165, 1.54) is 18.7 Å². The first-order valence-corrected chi connectivity index (χ1v) is 5.47. The number of nitrogens with two attached hydrogens (primary N) is 1. The van der Waals surface area contributed by atoms with E-state index in [0.29, 0.717) is 18.7 Å². The molecule has 0 aliphatic rings. The molecule has 0 saturated heterocycles. The van der Waals surface area contributed by atoms with Crippen molar-refractivity contribution in [2.45, 2.75) is 6.54 Å². The molecule has 0 aliphatic carbocycles. The Morgan fingerprint density at radius 2 is 2.29 bits per heavy atom. The smallest absolute Gasteiger partial charge is 0.165 e. The quantitative estimate of drug-likeness (QED) is 0.540. The summed E-state index contributed by atoms with van der Waals surface area (Å²) < 4.78 is 17.7. The third-order valence-electron chi connectivity index (χ3n) is 1.81. The highest BCUT2D eigenvalue weighted by molar-refractivity contribution is 7.78. The molecule has 0 unspecified atom stereocenters. The summed E-state index contributed by atoms with van der Waals surface area (Å²) in [6, 6.07) is 4.69. The number of methoxy groups -OCH3 is 1. The van der Waals surface area contributed by atoms with Crippen LogP contribution in [0, 0.1) is 5.82 Å². The topological polar surface area (TPSA) is 67.5 Å². The van der Waals surface area contributed by atoms with Gasteiger partial charge in [0.15, 0.2) is 11.6 Å². The minimum Gasteiger partial charge on any atom is -0.493 e. The van der Waals surface area contributed by atoms with Crippen molar-refractivity contribution in [3.63, 3.8) is 0 Å². The van der Waals surface area contributed by atoms with Crippen molar-refractivity contribution in [2.24, 2.45) is 5.73 Å². The van der Waals surface area contributed by atoms with Gasteiger partial charge in [-0.15, -0.1) is 0 Å². The van der Waals surface area contributed by atoms with Crippen LogP contribution in [0.15, 0.2) is 18.2 Å². The van der Waals surface area contributed by atoms with Crippen LogP contribution in [0.25, 0.3) is 0 Å².